The van der Waals surface area contributed by atoms with Gasteiger partial charge in [-0.1, -0.05) is 6.07 Å². The van der Waals surface area contributed by atoms with Gasteiger partial charge < -0.3 is 5.32 Å². The first-order valence-corrected chi connectivity index (χ1v) is 6.35. The van der Waals surface area contributed by atoms with Gasteiger partial charge in [0.1, 0.15) is 11.5 Å². The number of nitrogens with zero attached hydrogens (tertiary/aromatic N) is 5. The Kier molecular flexibility index (Phi) is 3.31. The minimum Gasteiger partial charge on any atom is -0.388 e. The first-order valence-electron chi connectivity index (χ1n) is 6.35. The number of tetrazole rings is 1. The zero-order valence-electron chi connectivity index (χ0n) is 11.6. The average molecular weight is 284 g/mol. The molecule has 0 aliphatic carbocycles. The Morgan fingerprint density at radius 3 is 2.62 bits per heavy atom. The van der Waals surface area contributed by atoms with Crippen LogP contribution in [-0.4, -0.2) is 32.2 Å². The second kappa shape index (κ2) is 5.28. The molecular weight excluding hydrogens is 271 g/mol. The maximum atomic E-state index is 14.0. The third-order valence-corrected chi connectivity index (χ3v) is 3.07. The molecule has 0 radical (unpaired) electrons. The van der Waals surface area contributed by atoms with E-state index in [0.717, 1.165) is 5.69 Å². The molecule has 0 saturated carbocycles. The van der Waals surface area contributed by atoms with Crippen molar-refractivity contribution in [2.24, 2.45) is 7.05 Å². The molecular formula is C14H13FN6. The molecule has 1 N–H and O–H groups in total. The minimum atomic E-state index is -0.297. The highest BCUT2D eigenvalue weighted by atomic mass is 19.1. The third kappa shape index (κ3) is 2.58. The zero-order valence-corrected chi connectivity index (χ0v) is 11.6. The van der Waals surface area contributed by atoms with Crippen LogP contribution in [0.1, 0.15) is 0 Å². The van der Waals surface area contributed by atoms with Gasteiger partial charge in [0, 0.05) is 30.1 Å². The average Bonchev–Trinajstić information content (AvgIpc) is 2.94. The van der Waals surface area contributed by atoms with Gasteiger partial charge >= 0.3 is 0 Å². The number of rotatable bonds is 3. The van der Waals surface area contributed by atoms with Gasteiger partial charge in [-0.05, 0) is 29.5 Å². The van der Waals surface area contributed by atoms with E-state index < -0.39 is 0 Å². The highest BCUT2D eigenvalue weighted by Crippen LogP contribution is 2.25. The highest BCUT2D eigenvalue weighted by molar-refractivity contribution is 5.67. The molecule has 0 spiro atoms. The predicted octanol–water partition coefficient (Wildman–Crippen LogP) is 2.12. The molecule has 2 heterocycles. The topological polar surface area (TPSA) is 68.5 Å². The van der Waals surface area contributed by atoms with Crippen molar-refractivity contribution in [2.75, 3.05) is 12.4 Å². The second-order valence-electron chi connectivity index (χ2n) is 4.48. The third-order valence-electron chi connectivity index (χ3n) is 3.07. The van der Waals surface area contributed by atoms with Gasteiger partial charge in [0.25, 0.3) is 0 Å². The van der Waals surface area contributed by atoms with Crippen molar-refractivity contribution < 1.29 is 4.39 Å². The molecule has 0 aliphatic rings. The number of halogens is 1. The smallest absolute Gasteiger partial charge is 0.223 e. The van der Waals surface area contributed by atoms with Crippen LogP contribution >= 0.6 is 0 Å². The zero-order chi connectivity index (χ0) is 14.8. The van der Waals surface area contributed by atoms with Gasteiger partial charge in [0.15, 0.2) is 0 Å². The molecule has 0 bridgehead atoms. The van der Waals surface area contributed by atoms with Crippen molar-refractivity contribution in [1.82, 2.24) is 25.2 Å². The van der Waals surface area contributed by atoms with Crippen LogP contribution in [0.4, 0.5) is 10.1 Å². The lowest BCUT2D eigenvalue weighted by Crippen LogP contribution is -1.93. The molecule has 1 aromatic carbocycles. The molecule has 2 aromatic heterocycles. The van der Waals surface area contributed by atoms with E-state index in [2.05, 4.69) is 25.7 Å². The Morgan fingerprint density at radius 1 is 1.19 bits per heavy atom. The number of benzene rings is 1. The van der Waals surface area contributed by atoms with E-state index in [0.29, 0.717) is 22.6 Å². The van der Waals surface area contributed by atoms with Crippen molar-refractivity contribution >= 4 is 5.69 Å². The minimum absolute atomic E-state index is 0.297. The summed E-state index contributed by atoms with van der Waals surface area (Å²) in [4.78, 5) is 5.62. The highest BCUT2D eigenvalue weighted by Gasteiger charge is 2.09. The summed E-state index contributed by atoms with van der Waals surface area (Å²) < 4.78 is 14.0. The van der Waals surface area contributed by atoms with Crippen LogP contribution in [0.3, 0.4) is 0 Å². The summed E-state index contributed by atoms with van der Waals surface area (Å²) in [5, 5.41) is 14.6. The second-order valence-corrected chi connectivity index (χ2v) is 4.48. The summed E-state index contributed by atoms with van der Waals surface area (Å²) in [5.41, 5.74) is 2.52. The molecule has 0 saturated heterocycles. The first kappa shape index (κ1) is 13.2. The van der Waals surface area contributed by atoms with Gasteiger partial charge in [-0.15, -0.1) is 10.2 Å². The van der Waals surface area contributed by atoms with E-state index >= 15 is 0 Å². The molecule has 0 aliphatic heterocycles. The predicted molar refractivity (Wildman–Crippen MR) is 77.0 cm³/mol. The Bertz CT molecular complexity index is 765. The van der Waals surface area contributed by atoms with Crippen molar-refractivity contribution in [3.05, 3.63) is 42.3 Å². The fourth-order valence-electron chi connectivity index (χ4n) is 1.98. The number of aromatic nitrogens is 5. The number of hydrogen-bond acceptors (Lipinski definition) is 5. The van der Waals surface area contributed by atoms with Gasteiger partial charge in [-0.3, -0.25) is 4.98 Å². The van der Waals surface area contributed by atoms with Gasteiger partial charge in [0.05, 0.1) is 7.05 Å². The largest absolute Gasteiger partial charge is 0.388 e. The van der Waals surface area contributed by atoms with Crippen LogP contribution in [-0.2, 0) is 7.05 Å². The molecule has 3 aromatic rings. The van der Waals surface area contributed by atoms with Crippen molar-refractivity contribution in [3.63, 3.8) is 0 Å². The number of hydrogen-bond donors (Lipinski definition) is 1. The lowest BCUT2D eigenvalue weighted by molar-refractivity contribution is 0.630. The number of nitrogens with one attached hydrogen (secondary N) is 1. The van der Waals surface area contributed by atoms with Crippen molar-refractivity contribution in [3.8, 4) is 22.6 Å². The summed E-state index contributed by atoms with van der Waals surface area (Å²) in [7, 11) is 3.43. The van der Waals surface area contributed by atoms with Crippen LogP contribution in [0.5, 0.6) is 0 Å². The molecule has 7 heteroatoms. The van der Waals surface area contributed by atoms with Crippen LogP contribution in [0.2, 0.25) is 0 Å². The van der Waals surface area contributed by atoms with Gasteiger partial charge in [0.2, 0.25) is 5.82 Å². The maximum absolute atomic E-state index is 14.0. The van der Waals surface area contributed by atoms with E-state index in [9.17, 15) is 4.39 Å². The van der Waals surface area contributed by atoms with E-state index in [1.807, 2.05) is 6.07 Å². The van der Waals surface area contributed by atoms with Crippen LogP contribution in [0.15, 0.2) is 36.5 Å². The SMILES string of the molecule is CNc1ccc(-c2ccc(-c3nnn(C)n3)nc2)c(F)c1. The van der Waals surface area contributed by atoms with Crippen LogP contribution < -0.4 is 5.32 Å². The van der Waals surface area contributed by atoms with Crippen LogP contribution in [0, 0.1) is 5.82 Å². The molecule has 106 valence electrons. The maximum Gasteiger partial charge on any atom is 0.223 e. The molecule has 0 amide bonds. The Hall–Kier alpha value is -2.83. The molecule has 21 heavy (non-hydrogen) atoms. The lowest BCUT2D eigenvalue weighted by atomic mass is 10.1. The van der Waals surface area contributed by atoms with Crippen molar-refractivity contribution in [2.45, 2.75) is 0 Å². The fourth-order valence-corrected chi connectivity index (χ4v) is 1.98. The Balaban J connectivity index is 1.94. The Morgan fingerprint density at radius 2 is 2.05 bits per heavy atom. The fraction of sp³-hybridized carbons (Fsp3) is 0.143. The molecule has 0 unspecified atom stereocenters. The summed E-state index contributed by atoms with van der Waals surface area (Å²) in [5.74, 6) is 0.143. The number of aryl methyl sites for hydroxylation is 1. The summed E-state index contributed by atoms with van der Waals surface area (Å²) in [6, 6.07) is 8.52. The standard InChI is InChI=1S/C14H13FN6/c1-16-10-4-5-11(12(15)7-10)9-3-6-13(17-8-9)14-18-20-21(2)19-14/h3-8,16H,1-2H3. The molecule has 0 fully saturated rings. The van der Waals surface area contributed by atoms with E-state index in [1.54, 1.807) is 38.5 Å². The molecule has 0 atom stereocenters. The molecule has 6 nitrogen and oxygen atoms in total. The molecule has 3 rings (SSSR count). The summed E-state index contributed by atoms with van der Waals surface area (Å²) in [6.07, 6.45) is 1.60. The van der Waals surface area contributed by atoms with Gasteiger partial charge in [-0.25, -0.2) is 4.39 Å². The van der Waals surface area contributed by atoms with E-state index in [-0.39, 0.29) is 5.82 Å². The first-order chi connectivity index (χ1) is 10.2. The number of anilines is 1. The van der Waals surface area contributed by atoms with Crippen LogP contribution in [0.25, 0.3) is 22.6 Å². The van der Waals surface area contributed by atoms with Gasteiger partial charge in [-0.2, -0.15) is 4.80 Å². The monoisotopic (exact) mass is 284 g/mol. The number of pyridine rings is 1. The normalized spacial score (nSPS) is 10.6. The van der Waals surface area contributed by atoms with E-state index in [4.69, 9.17) is 0 Å². The summed E-state index contributed by atoms with van der Waals surface area (Å²) in [6.45, 7) is 0. The van der Waals surface area contributed by atoms with E-state index in [1.165, 1.54) is 10.9 Å². The Labute approximate surface area is 120 Å². The summed E-state index contributed by atoms with van der Waals surface area (Å²) >= 11 is 0. The quantitative estimate of drug-likeness (QED) is 0.798. The van der Waals surface area contributed by atoms with Crippen molar-refractivity contribution in [1.29, 1.82) is 0 Å². The lowest BCUT2D eigenvalue weighted by Gasteiger charge is -2.06.